The zero-order valence-corrected chi connectivity index (χ0v) is 9.69. The van der Waals surface area contributed by atoms with Crippen LogP contribution in [0.4, 0.5) is 5.69 Å². The highest BCUT2D eigenvalue weighted by atomic mass is 79.9. The molecule has 0 heterocycles. The lowest BCUT2D eigenvalue weighted by Crippen LogP contribution is -1.97. The monoisotopic (exact) mass is 259 g/mol. The van der Waals surface area contributed by atoms with Gasteiger partial charge in [0.05, 0.1) is 5.02 Å². The summed E-state index contributed by atoms with van der Waals surface area (Å²) in [6.45, 7) is 2.82. The Balaban J connectivity index is 2.63. The van der Waals surface area contributed by atoms with Gasteiger partial charge in [-0.05, 0) is 41.1 Å². The van der Waals surface area contributed by atoms with Crippen molar-refractivity contribution >= 4 is 33.2 Å². The van der Waals surface area contributed by atoms with Gasteiger partial charge in [0.25, 0.3) is 0 Å². The van der Waals surface area contributed by atoms with E-state index < -0.39 is 0 Å². The number of nitrogens with one attached hydrogen (secondary N) is 1. The van der Waals surface area contributed by atoms with E-state index in [1.54, 1.807) is 0 Å². The minimum absolute atomic E-state index is 0.727. The summed E-state index contributed by atoms with van der Waals surface area (Å²) < 4.78 is 0.922. The van der Waals surface area contributed by atoms with E-state index in [9.17, 15) is 0 Å². The van der Waals surface area contributed by atoms with Crippen molar-refractivity contribution in [2.45, 2.75) is 6.92 Å². The quantitative estimate of drug-likeness (QED) is 0.807. The van der Waals surface area contributed by atoms with Crippen LogP contribution in [-0.2, 0) is 0 Å². The third-order valence-corrected chi connectivity index (χ3v) is 2.81. The number of rotatable bonds is 3. The Bertz CT molecular complexity index is 310. The highest BCUT2D eigenvalue weighted by Gasteiger charge is 1.96. The molecule has 13 heavy (non-hydrogen) atoms. The van der Waals surface area contributed by atoms with Gasteiger partial charge in [0.2, 0.25) is 0 Å². The fourth-order valence-electron chi connectivity index (χ4n) is 0.901. The first-order chi connectivity index (χ1) is 6.24. The van der Waals surface area contributed by atoms with Crippen LogP contribution in [0.3, 0.4) is 0 Å². The van der Waals surface area contributed by atoms with Crippen LogP contribution in [0.1, 0.15) is 6.92 Å². The molecule has 0 radical (unpaired) electrons. The summed E-state index contributed by atoms with van der Waals surface area (Å²) in [6.07, 6.45) is 4.06. The second-order valence-electron chi connectivity index (χ2n) is 2.58. The third-order valence-electron chi connectivity index (χ3n) is 1.58. The van der Waals surface area contributed by atoms with E-state index in [1.807, 2.05) is 31.2 Å². The summed E-state index contributed by atoms with van der Waals surface area (Å²) in [4.78, 5) is 0. The molecule has 0 amide bonds. The van der Waals surface area contributed by atoms with Crippen molar-refractivity contribution in [3.8, 4) is 0 Å². The topological polar surface area (TPSA) is 12.0 Å². The lowest BCUT2D eigenvalue weighted by Gasteiger charge is -2.04. The van der Waals surface area contributed by atoms with Gasteiger partial charge in [0.15, 0.2) is 0 Å². The molecule has 0 aliphatic rings. The van der Waals surface area contributed by atoms with Crippen molar-refractivity contribution in [1.29, 1.82) is 0 Å². The van der Waals surface area contributed by atoms with Gasteiger partial charge in [-0.3, -0.25) is 0 Å². The Kier molecular flexibility index (Phi) is 4.33. The second-order valence-corrected chi connectivity index (χ2v) is 3.84. The summed E-state index contributed by atoms with van der Waals surface area (Å²) in [7, 11) is 0. The number of allylic oxidation sites excluding steroid dienone is 1. The van der Waals surface area contributed by atoms with E-state index in [-0.39, 0.29) is 0 Å². The van der Waals surface area contributed by atoms with Gasteiger partial charge in [-0.25, -0.2) is 0 Å². The number of hydrogen-bond acceptors (Lipinski definition) is 1. The average molecular weight is 261 g/mol. The molecular formula is C10H11BrClN. The molecule has 0 aliphatic carbocycles. The zero-order chi connectivity index (χ0) is 9.68. The van der Waals surface area contributed by atoms with E-state index >= 15 is 0 Å². The molecule has 0 saturated heterocycles. The zero-order valence-electron chi connectivity index (χ0n) is 7.35. The molecule has 0 saturated carbocycles. The van der Waals surface area contributed by atoms with Gasteiger partial charge in [-0.1, -0.05) is 23.8 Å². The molecule has 70 valence electrons. The van der Waals surface area contributed by atoms with E-state index in [1.165, 1.54) is 0 Å². The molecule has 0 aromatic heterocycles. The van der Waals surface area contributed by atoms with Gasteiger partial charge in [-0.15, -0.1) is 0 Å². The Morgan fingerprint density at radius 1 is 1.54 bits per heavy atom. The molecule has 0 spiro atoms. The normalized spacial score (nSPS) is 10.7. The maximum atomic E-state index is 5.92. The summed E-state index contributed by atoms with van der Waals surface area (Å²) >= 11 is 9.26. The highest BCUT2D eigenvalue weighted by Crippen LogP contribution is 2.25. The molecule has 1 aromatic rings. The Labute approximate surface area is 91.9 Å². The van der Waals surface area contributed by atoms with Crippen molar-refractivity contribution < 1.29 is 0 Å². The Morgan fingerprint density at radius 2 is 2.31 bits per heavy atom. The minimum atomic E-state index is 0.727. The number of hydrogen-bond donors (Lipinski definition) is 1. The minimum Gasteiger partial charge on any atom is -0.382 e. The molecule has 1 N–H and O–H groups in total. The van der Waals surface area contributed by atoms with E-state index in [0.29, 0.717) is 0 Å². The van der Waals surface area contributed by atoms with Crippen molar-refractivity contribution in [3.05, 3.63) is 39.8 Å². The van der Waals surface area contributed by atoms with Crippen molar-refractivity contribution in [2.75, 3.05) is 11.9 Å². The largest absolute Gasteiger partial charge is 0.382 e. The van der Waals surface area contributed by atoms with Crippen LogP contribution in [0.25, 0.3) is 0 Å². The average Bonchev–Trinajstić information content (AvgIpc) is 2.12. The van der Waals surface area contributed by atoms with Gasteiger partial charge in [0, 0.05) is 16.7 Å². The first kappa shape index (κ1) is 10.6. The Hall–Kier alpha value is -0.470. The fraction of sp³-hybridized carbons (Fsp3) is 0.200. The first-order valence-corrected chi connectivity index (χ1v) is 5.21. The van der Waals surface area contributed by atoms with E-state index in [0.717, 1.165) is 21.7 Å². The summed E-state index contributed by atoms with van der Waals surface area (Å²) in [5.74, 6) is 0. The predicted octanol–water partition coefficient (Wildman–Crippen LogP) is 4.09. The van der Waals surface area contributed by atoms with Crippen LogP contribution in [0.15, 0.2) is 34.8 Å². The van der Waals surface area contributed by atoms with Gasteiger partial charge in [0.1, 0.15) is 0 Å². The fourth-order valence-corrected chi connectivity index (χ4v) is 1.33. The van der Waals surface area contributed by atoms with Gasteiger partial charge in [-0.2, -0.15) is 0 Å². The number of halogens is 2. The molecule has 1 rings (SSSR count). The van der Waals surface area contributed by atoms with Crippen molar-refractivity contribution in [2.24, 2.45) is 0 Å². The van der Waals surface area contributed by atoms with Gasteiger partial charge >= 0.3 is 0 Å². The molecular weight excluding hydrogens is 249 g/mol. The van der Waals surface area contributed by atoms with E-state index in [4.69, 9.17) is 11.6 Å². The molecule has 0 fully saturated rings. The van der Waals surface area contributed by atoms with Gasteiger partial charge < -0.3 is 5.32 Å². The van der Waals surface area contributed by atoms with Crippen LogP contribution in [0.2, 0.25) is 5.02 Å². The molecule has 0 aliphatic heterocycles. The van der Waals surface area contributed by atoms with Crippen molar-refractivity contribution in [3.63, 3.8) is 0 Å². The van der Waals surface area contributed by atoms with Crippen LogP contribution < -0.4 is 5.32 Å². The highest BCUT2D eigenvalue weighted by molar-refractivity contribution is 9.10. The SMILES string of the molecule is C/C=C/CNc1ccc(Br)c(Cl)c1. The predicted molar refractivity (Wildman–Crippen MR) is 62.5 cm³/mol. The van der Waals surface area contributed by atoms with Crippen molar-refractivity contribution in [1.82, 2.24) is 0 Å². The van der Waals surface area contributed by atoms with Crippen LogP contribution in [-0.4, -0.2) is 6.54 Å². The summed E-state index contributed by atoms with van der Waals surface area (Å²) in [6, 6.07) is 5.81. The smallest absolute Gasteiger partial charge is 0.0568 e. The molecule has 3 heteroatoms. The molecule has 0 unspecified atom stereocenters. The van der Waals surface area contributed by atoms with Crippen LogP contribution in [0, 0.1) is 0 Å². The lowest BCUT2D eigenvalue weighted by molar-refractivity contribution is 1.32. The maximum absolute atomic E-state index is 5.92. The lowest BCUT2D eigenvalue weighted by atomic mass is 10.3. The number of benzene rings is 1. The Morgan fingerprint density at radius 3 is 2.92 bits per heavy atom. The standard InChI is InChI=1S/C10H11BrClN/c1-2-3-6-13-8-4-5-9(11)10(12)7-8/h2-5,7,13H,6H2,1H3/b3-2+. The third kappa shape index (κ3) is 3.41. The van der Waals surface area contributed by atoms with Crippen LogP contribution in [0.5, 0.6) is 0 Å². The maximum Gasteiger partial charge on any atom is 0.0568 e. The second kappa shape index (κ2) is 5.30. The van der Waals surface area contributed by atoms with Crippen LogP contribution >= 0.6 is 27.5 Å². The first-order valence-electron chi connectivity index (χ1n) is 4.04. The van der Waals surface area contributed by atoms with E-state index in [2.05, 4.69) is 27.3 Å². The summed E-state index contributed by atoms with van der Waals surface area (Å²) in [5.41, 5.74) is 1.03. The molecule has 0 bridgehead atoms. The molecule has 1 nitrogen and oxygen atoms in total. The summed E-state index contributed by atoms with van der Waals surface area (Å²) in [5, 5.41) is 3.95. The number of anilines is 1. The molecule has 1 aromatic carbocycles. The molecule has 0 atom stereocenters.